The van der Waals surface area contributed by atoms with Gasteiger partial charge in [-0.2, -0.15) is 0 Å². The van der Waals surface area contributed by atoms with E-state index in [9.17, 15) is 0 Å². The largest absolute Gasteiger partial charge is 0.491 e. The van der Waals surface area contributed by atoms with E-state index in [1.165, 1.54) is 11.3 Å². The lowest BCUT2D eigenvalue weighted by atomic mass is 10.1. The van der Waals surface area contributed by atoms with Crippen molar-refractivity contribution in [2.45, 2.75) is 13.8 Å². The van der Waals surface area contributed by atoms with Crippen molar-refractivity contribution in [1.82, 2.24) is 0 Å². The van der Waals surface area contributed by atoms with Crippen LogP contribution in [0, 0.1) is 13.8 Å². The highest BCUT2D eigenvalue weighted by molar-refractivity contribution is 5.59. The Balaban J connectivity index is 2.10. The van der Waals surface area contributed by atoms with E-state index >= 15 is 0 Å². The van der Waals surface area contributed by atoms with Gasteiger partial charge >= 0.3 is 0 Å². The highest BCUT2D eigenvalue weighted by Gasteiger charge is 2.08. The lowest BCUT2D eigenvalue weighted by Gasteiger charge is -2.19. The van der Waals surface area contributed by atoms with Gasteiger partial charge in [0.25, 0.3) is 0 Å². The summed E-state index contributed by atoms with van der Waals surface area (Å²) in [5.41, 5.74) is 3.51. The van der Waals surface area contributed by atoms with Gasteiger partial charge in [0.1, 0.15) is 12.4 Å². The van der Waals surface area contributed by atoms with E-state index in [0.29, 0.717) is 52.9 Å². The monoisotopic (exact) mass is 355 g/mol. The van der Waals surface area contributed by atoms with E-state index in [2.05, 4.69) is 30.9 Å². The summed E-state index contributed by atoms with van der Waals surface area (Å²) >= 11 is 0. The molecule has 0 unspecified atom stereocenters. The molecule has 0 atom stereocenters. The number of nitrogens with zero attached hydrogens (tertiary/aromatic N) is 1. The highest BCUT2D eigenvalue weighted by atomic mass is 16.6. The predicted molar refractivity (Wildman–Crippen MR) is 100 cm³/mol. The van der Waals surface area contributed by atoms with Crippen LogP contribution >= 0.6 is 0 Å². The summed E-state index contributed by atoms with van der Waals surface area (Å²) in [5, 5.41) is 0. The minimum atomic E-state index is 0.525. The molecular weight excluding hydrogens is 322 g/mol. The molecule has 0 heterocycles. The van der Waals surface area contributed by atoms with Gasteiger partial charge in [0, 0.05) is 32.5 Å². The summed E-state index contributed by atoms with van der Waals surface area (Å²) in [4.78, 5) is 2.10. The van der Waals surface area contributed by atoms with Crippen LogP contribution in [-0.2, 0) is 18.9 Å². The summed E-state index contributed by atoms with van der Waals surface area (Å²) in [7, 11) is 5.73. The van der Waals surface area contributed by atoms with Gasteiger partial charge in [0.15, 0.2) is 0 Å². The summed E-state index contributed by atoms with van der Waals surface area (Å²) < 4.78 is 27.0. The summed E-state index contributed by atoms with van der Waals surface area (Å²) in [6.45, 7) is 8.68. The van der Waals surface area contributed by atoms with Gasteiger partial charge in [-0.25, -0.2) is 0 Å². The Morgan fingerprint density at radius 2 is 1.28 bits per heavy atom. The smallest absolute Gasteiger partial charge is 0.124 e. The standard InChI is InChI=1S/C19H33NO5/c1-16-14-18(20(3)4)17(2)19(15-16)25-13-12-24-11-10-23-9-8-22-7-6-21-5/h14-15H,6-13H2,1-5H3. The molecule has 0 fully saturated rings. The minimum absolute atomic E-state index is 0.525. The van der Waals surface area contributed by atoms with Crippen LogP contribution in [0.25, 0.3) is 0 Å². The van der Waals surface area contributed by atoms with Crippen LogP contribution in [0.2, 0.25) is 0 Å². The fraction of sp³-hybridized carbons (Fsp3) is 0.684. The SMILES string of the molecule is COCCOCCOCCOCCOc1cc(C)cc(N(C)C)c1C. The maximum atomic E-state index is 5.87. The third-order valence-corrected chi connectivity index (χ3v) is 3.62. The van der Waals surface area contributed by atoms with Gasteiger partial charge < -0.3 is 28.6 Å². The van der Waals surface area contributed by atoms with Crippen molar-refractivity contribution in [3.63, 3.8) is 0 Å². The van der Waals surface area contributed by atoms with Gasteiger partial charge in [-0.15, -0.1) is 0 Å². The Kier molecular flexibility index (Phi) is 11.2. The first-order valence-corrected chi connectivity index (χ1v) is 8.69. The number of hydrogen-bond donors (Lipinski definition) is 0. The zero-order valence-corrected chi connectivity index (χ0v) is 16.3. The van der Waals surface area contributed by atoms with Gasteiger partial charge in [0.2, 0.25) is 0 Å². The maximum absolute atomic E-state index is 5.87. The van der Waals surface area contributed by atoms with Gasteiger partial charge in [-0.3, -0.25) is 0 Å². The topological polar surface area (TPSA) is 49.4 Å². The molecule has 1 rings (SSSR count). The van der Waals surface area contributed by atoms with Crippen molar-refractivity contribution in [2.24, 2.45) is 0 Å². The molecular formula is C19H33NO5. The highest BCUT2D eigenvalue weighted by Crippen LogP contribution is 2.29. The second kappa shape index (κ2) is 12.9. The van der Waals surface area contributed by atoms with Crippen LogP contribution in [0.4, 0.5) is 5.69 Å². The fourth-order valence-electron chi connectivity index (χ4n) is 2.32. The molecule has 0 aliphatic carbocycles. The van der Waals surface area contributed by atoms with E-state index < -0.39 is 0 Å². The van der Waals surface area contributed by atoms with E-state index in [1.54, 1.807) is 7.11 Å². The Morgan fingerprint density at radius 1 is 0.760 bits per heavy atom. The van der Waals surface area contributed by atoms with Crippen molar-refractivity contribution in [1.29, 1.82) is 0 Å². The molecule has 6 heteroatoms. The molecule has 1 aromatic rings. The molecule has 0 spiro atoms. The first kappa shape index (κ1) is 21.7. The molecule has 0 bridgehead atoms. The second-order valence-electron chi connectivity index (χ2n) is 5.98. The van der Waals surface area contributed by atoms with Crippen molar-refractivity contribution in [3.8, 4) is 5.75 Å². The van der Waals surface area contributed by atoms with E-state index in [4.69, 9.17) is 23.7 Å². The lowest BCUT2D eigenvalue weighted by molar-refractivity contribution is 0.000142. The molecule has 1 aromatic carbocycles. The minimum Gasteiger partial charge on any atom is -0.491 e. The Hall–Kier alpha value is -1.34. The maximum Gasteiger partial charge on any atom is 0.124 e. The summed E-state index contributed by atoms with van der Waals surface area (Å²) in [5.74, 6) is 0.914. The van der Waals surface area contributed by atoms with Crippen LogP contribution in [0.5, 0.6) is 5.75 Å². The third-order valence-electron chi connectivity index (χ3n) is 3.62. The molecule has 25 heavy (non-hydrogen) atoms. The normalized spacial score (nSPS) is 10.9. The van der Waals surface area contributed by atoms with Crippen LogP contribution in [0.15, 0.2) is 12.1 Å². The zero-order chi connectivity index (χ0) is 18.5. The predicted octanol–water partition coefficient (Wildman–Crippen LogP) is 2.44. The van der Waals surface area contributed by atoms with E-state index in [-0.39, 0.29) is 0 Å². The summed E-state index contributed by atoms with van der Waals surface area (Å²) in [6.07, 6.45) is 0. The molecule has 0 radical (unpaired) electrons. The molecule has 0 aliphatic heterocycles. The van der Waals surface area contributed by atoms with E-state index in [0.717, 1.165) is 11.3 Å². The number of aryl methyl sites for hydroxylation is 1. The Bertz CT molecular complexity index is 479. The Morgan fingerprint density at radius 3 is 1.80 bits per heavy atom. The molecule has 0 aliphatic rings. The molecule has 6 nitrogen and oxygen atoms in total. The van der Waals surface area contributed by atoms with Crippen LogP contribution < -0.4 is 9.64 Å². The number of anilines is 1. The fourth-order valence-corrected chi connectivity index (χ4v) is 2.32. The Labute approximate surface area is 152 Å². The van der Waals surface area contributed by atoms with Crippen LogP contribution in [0.3, 0.4) is 0 Å². The molecule has 144 valence electrons. The number of ether oxygens (including phenoxy) is 5. The number of hydrogen-bond acceptors (Lipinski definition) is 6. The van der Waals surface area contributed by atoms with Crippen molar-refractivity contribution in [3.05, 3.63) is 23.3 Å². The zero-order valence-electron chi connectivity index (χ0n) is 16.3. The van der Waals surface area contributed by atoms with Crippen LogP contribution in [-0.4, -0.2) is 74.1 Å². The number of rotatable bonds is 14. The van der Waals surface area contributed by atoms with Crippen molar-refractivity contribution >= 4 is 5.69 Å². The van der Waals surface area contributed by atoms with Crippen molar-refractivity contribution in [2.75, 3.05) is 79.0 Å². The average molecular weight is 355 g/mol. The first-order valence-electron chi connectivity index (χ1n) is 8.69. The van der Waals surface area contributed by atoms with E-state index in [1.807, 2.05) is 14.1 Å². The second-order valence-corrected chi connectivity index (χ2v) is 5.98. The van der Waals surface area contributed by atoms with Gasteiger partial charge in [-0.1, -0.05) is 0 Å². The van der Waals surface area contributed by atoms with Gasteiger partial charge in [0.05, 0.1) is 46.2 Å². The van der Waals surface area contributed by atoms with Gasteiger partial charge in [-0.05, 0) is 31.5 Å². The first-order chi connectivity index (χ1) is 12.1. The lowest BCUT2D eigenvalue weighted by Crippen LogP contribution is -2.14. The number of methoxy groups -OCH3 is 1. The number of benzene rings is 1. The average Bonchev–Trinajstić information content (AvgIpc) is 2.58. The van der Waals surface area contributed by atoms with Crippen molar-refractivity contribution < 1.29 is 23.7 Å². The molecule has 0 saturated carbocycles. The summed E-state index contributed by atoms with van der Waals surface area (Å²) in [6, 6.07) is 4.23. The molecule has 0 amide bonds. The molecule has 0 N–H and O–H groups in total. The quantitative estimate of drug-likeness (QED) is 0.478. The molecule has 0 saturated heterocycles. The third kappa shape index (κ3) is 9.07. The molecule has 0 aromatic heterocycles. The van der Waals surface area contributed by atoms with Crippen LogP contribution in [0.1, 0.15) is 11.1 Å².